The smallest absolute Gasteiger partial charge is 0.350 e. The number of piperazine rings is 1. The van der Waals surface area contributed by atoms with Crippen LogP contribution in [0.2, 0.25) is 5.02 Å². The highest BCUT2D eigenvalue weighted by Gasteiger charge is 2.39. The zero-order valence-electron chi connectivity index (χ0n) is 23.6. The molecule has 3 aliphatic rings. The van der Waals surface area contributed by atoms with Gasteiger partial charge in [-0.25, -0.2) is 22.4 Å². The normalized spacial score (nSPS) is 25.7. The van der Waals surface area contributed by atoms with Crippen LogP contribution in [0.15, 0.2) is 41.7 Å². The maximum absolute atomic E-state index is 15.1. The number of hydrogen-bond acceptors (Lipinski definition) is 6. The van der Waals surface area contributed by atoms with Gasteiger partial charge < -0.3 is 14.5 Å². The number of rotatable bonds is 5. The number of benzene rings is 2. The number of ether oxygens (including phenoxy) is 1. The Morgan fingerprint density at radius 1 is 1.12 bits per heavy atom. The molecule has 2 aromatic carbocycles. The Bertz CT molecular complexity index is 1680. The van der Waals surface area contributed by atoms with Gasteiger partial charge in [-0.05, 0) is 38.1 Å². The number of alkyl halides is 2. The zero-order valence-corrected chi connectivity index (χ0v) is 24.3. The summed E-state index contributed by atoms with van der Waals surface area (Å²) in [5.41, 5.74) is -0.196. The molecule has 6 rings (SSSR count). The molecule has 1 aromatic heterocycles. The predicted octanol–water partition coefficient (Wildman–Crippen LogP) is 4.53. The summed E-state index contributed by atoms with van der Waals surface area (Å²) in [6, 6.07) is 3.51. The monoisotopic (exact) mass is 619 g/mol. The number of likely N-dealkylation sites (tertiary alicyclic amines) is 1. The van der Waals surface area contributed by atoms with E-state index in [0.717, 1.165) is 12.1 Å². The van der Waals surface area contributed by atoms with Crippen molar-refractivity contribution in [2.24, 2.45) is 0 Å². The largest absolute Gasteiger partial charge is 0.488 e. The van der Waals surface area contributed by atoms with E-state index in [1.54, 1.807) is 15.9 Å². The lowest BCUT2D eigenvalue weighted by molar-refractivity contribution is -0.128. The van der Waals surface area contributed by atoms with E-state index in [2.05, 4.69) is 11.6 Å². The first-order chi connectivity index (χ1) is 20.5. The van der Waals surface area contributed by atoms with Gasteiger partial charge >= 0.3 is 5.69 Å². The summed E-state index contributed by atoms with van der Waals surface area (Å²) >= 11 is 6.79. The van der Waals surface area contributed by atoms with Crippen molar-refractivity contribution in [1.82, 2.24) is 19.4 Å². The van der Waals surface area contributed by atoms with E-state index < -0.39 is 35.7 Å². The molecule has 1 amide bonds. The van der Waals surface area contributed by atoms with E-state index in [9.17, 15) is 22.8 Å². The van der Waals surface area contributed by atoms with Crippen molar-refractivity contribution in [1.29, 1.82) is 0 Å². The third-order valence-corrected chi connectivity index (χ3v) is 8.82. The summed E-state index contributed by atoms with van der Waals surface area (Å²) in [6.07, 6.45) is -2.00. The molecular weight excluding hydrogens is 590 g/mol. The van der Waals surface area contributed by atoms with Crippen LogP contribution >= 0.6 is 11.6 Å². The summed E-state index contributed by atoms with van der Waals surface area (Å²) < 4.78 is 64.5. The number of aromatic nitrogens is 2. The lowest BCUT2D eigenvalue weighted by atomic mass is 9.99. The van der Waals surface area contributed by atoms with Gasteiger partial charge in [0.25, 0.3) is 0 Å². The second-order valence-corrected chi connectivity index (χ2v) is 11.8. The van der Waals surface area contributed by atoms with Gasteiger partial charge in [0.15, 0.2) is 5.75 Å². The van der Waals surface area contributed by atoms with Crippen molar-refractivity contribution in [2.45, 2.75) is 44.3 Å². The Hall–Kier alpha value is -3.64. The molecule has 0 radical (unpaired) electrons. The van der Waals surface area contributed by atoms with Crippen LogP contribution in [0.4, 0.5) is 23.4 Å². The SMILES string of the molecule is C=CC(=O)N1C[C@H](C)N(c2nc(=O)n3c4c(c(-c5ccc(F)cc5F)c(Cl)cc24)OCC3CN2CC(F)C(F)C2)C[C@H]1C. The number of anilines is 1. The molecule has 3 aromatic rings. The molecule has 5 atom stereocenters. The lowest BCUT2D eigenvalue weighted by Crippen LogP contribution is -2.58. The van der Waals surface area contributed by atoms with Gasteiger partial charge in [0.1, 0.15) is 36.4 Å². The molecule has 43 heavy (non-hydrogen) atoms. The second-order valence-electron chi connectivity index (χ2n) is 11.4. The quantitative estimate of drug-likeness (QED) is 0.309. The Morgan fingerprint density at radius 2 is 1.84 bits per heavy atom. The van der Waals surface area contributed by atoms with Gasteiger partial charge in [0.05, 0.1) is 16.6 Å². The van der Waals surface area contributed by atoms with Crippen LogP contribution in [0.3, 0.4) is 0 Å². The minimum Gasteiger partial charge on any atom is -0.488 e. The van der Waals surface area contributed by atoms with Crippen LogP contribution in [0, 0.1) is 11.6 Å². The number of hydrogen-bond donors (Lipinski definition) is 0. The third kappa shape index (κ3) is 5.04. The lowest BCUT2D eigenvalue weighted by Gasteiger charge is -2.45. The van der Waals surface area contributed by atoms with Crippen molar-refractivity contribution in [2.75, 3.05) is 44.2 Å². The molecule has 0 aliphatic carbocycles. The van der Waals surface area contributed by atoms with Crippen LogP contribution in [0.1, 0.15) is 19.9 Å². The molecule has 2 fully saturated rings. The molecule has 0 N–H and O–H groups in total. The molecule has 8 nitrogen and oxygen atoms in total. The van der Waals surface area contributed by atoms with Gasteiger partial charge in [-0.15, -0.1) is 0 Å². The third-order valence-electron chi connectivity index (χ3n) is 8.52. The fraction of sp³-hybridized carbons (Fsp3) is 0.433. The van der Waals surface area contributed by atoms with E-state index in [-0.39, 0.29) is 66.1 Å². The number of carbonyl (C=O) groups excluding carboxylic acids is 1. The van der Waals surface area contributed by atoms with Crippen LogP contribution in [-0.2, 0) is 4.79 Å². The Labute approximate surface area is 250 Å². The van der Waals surface area contributed by atoms with E-state index in [1.807, 2.05) is 18.7 Å². The maximum atomic E-state index is 15.1. The first-order valence-corrected chi connectivity index (χ1v) is 14.4. The predicted molar refractivity (Wildman–Crippen MR) is 155 cm³/mol. The summed E-state index contributed by atoms with van der Waals surface area (Å²) in [5.74, 6) is -1.40. The summed E-state index contributed by atoms with van der Waals surface area (Å²) in [4.78, 5) is 36.0. The minimum absolute atomic E-state index is 0.0160. The molecular formula is C30H30ClF4N5O3. The second kappa shape index (κ2) is 11.1. The molecule has 3 aliphatic heterocycles. The molecule has 0 bridgehead atoms. The minimum atomic E-state index is -1.63. The molecule has 0 saturated carbocycles. The molecule has 13 heteroatoms. The summed E-state index contributed by atoms with van der Waals surface area (Å²) in [6.45, 7) is 7.87. The highest BCUT2D eigenvalue weighted by molar-refractivity contribution is 6.35. The van der Waals surface area contributed by atoms with Crippen molar-refractivity contribution >= 4 is 34.2 Å². The van der Waals surface area contributed by atoms with E-state index >= 15 is 4.39 Å². The van der Waals surface area contributed by atoms with Gasteiger partial charge in [-0.1, -0.05) is 18.2 Å². The summed E-state index contributed by atoms with van der Waals surface area (Å²) in [5, 5.41) is 0.548. The number of amides is 1. The van der Waals surface area contributed by atoms with E-state index in [4.69, 9.17) is 16.3 Å². The Morgan fingerprint density at radius 3 is 2.51 bits per heavy atom. The van der Waals surface area contributed by atoms with Crippen LogP contribution in [0.25, 0.3) is 22.0 Å². The van der Waals surface area contributed by atoms with Crippen LogP contribution in [0.5, 0.6) is 5.75 Å². The number of halogens is 5. The van der Waals surface area contributed by atoms with Crippen LogP contribution < -0.4 is 15.3 Å². The average Bonchev–Trinajstić information content (AvgIpc) is 3.28. The molecule has 0 spiro atoms. The first kappa shape index (κ1) is 29.4. The number of nitrogens with zero attached hydrogens (tertiary/aromatic N) is 5. The van der Waals surface area contributed by atoms with Gasteiger partial charge in [0.2, 0.25) is 5.91 Å². The molecule has 3 unspecified atom stereocenters. The van der Waals surface area contributed by atoms with E-state index in [1.165, 1.54) is 16.7 Å². The topological polar surface area (TPSA) is 70.9 Å². The fourth-order valence-corrected chi connectivity index (χ4v) is 6.74. The van der Waals surface area contributed by atoms with Gasteiger partial charge in [-0.3, -0.25) is 14.3 Å². The van der Waals surface area contributed by atoms with Crippen molar-refractivity contribution in [3.8, 4) is 16.9 Å². The fourth-order valence-electron chi connectivity index (χ4n) is 6.45. The zero-order chi connectivity index (χ0) is 30.7. The van der Waals surface area contributed by atoms with Gasteiger partial charge in [-0.2, -0.15) is 4.98 Å². The first-order valence-electron chi connectivity index (χ1n) is 14.1. The average molecular weight is 620 g/mol. The highest BCUT2D eigenvalue weighted by atomic mass is 35.5. The van der Waals surface area contributed by atoms with Crippen molar-refractivity contribution in [3.63, 3.8) is 0 Å². The van der Waals surface area contributed by atoms with Crippen molar-refractivity contribution < 1.29 is 27.1 Å². The van der Waals surface area contributed by atoms with Gasteiger partial charge in [0, 0.05) is 67.4 Å². The van der Waals surface area contributed by atoms with E-state index in [0.29, 0.717) is 29.8 Å². The Kier molecular flexibility index (Phi) is 7.62. The Balaban J connectivity index is 1.54. The summed E-state index contributed by atoms with van der Waals surface area (Å²) in [7, 11) is 0. The molecule has 4 heterocycles. The molecule has 2 saturated heterocycles. The van der Waals surface area contributed by atoms with Crippen molar-refractivity contribution in [3.05, 3.63) is 64.1 Å². The highest BCUT2D eigenvalue weighted by Crippen LogP contribution is 2.47. The van der Waals surface area contributed by atoms with Crippen LogP contribution in [-0.4, -0.2) is 89.0 Å². The maximum Gasteiger partial charge on any atom is 0.350 e. The molecule has 228 valence electrons. The standard InChI is InChI=1S/C30H30ClF4N5O3/c1-4-25(41)38-9-16(3)39(10-15(38)2)29-20-8-21(31)26(19-6-5-17(32)7-22(19)33)28-27(20)40(30(42)36-29)18(14-43-28)11-37-12-23(34)24(35)13-37/h4-8,15-16,18,23-24H,1,9-14H2,2-3H3/t15-,16+,18?,23?,24?/m1/s1. The number of carbonyl (C=O) groups is 1.